The average Bonchev–Trinajstić information content (AvgIpc) is 2.38. The number of nitrogens with zero attached hydrogens (tertiary/aromatic N) is 1. The van der Waals surface area contributed by atoms with Gasteiger partial charge in [0.2, 0.25) is 10.0 Å². The zero-order valence-corrected chi connectivity index (χ0v) is 12.1. The summed E-state index contributed by atoms with van der Waals surface area (Å²) in [5.74, 6) is -0.506. The van der Waals surface area contributed by atoms with Crippen molar-refractivity contribution in [1.29, 1.82) is 0 Å². The summed E-state index contributed by atoms with van der Waals surface area (Å²) in [7, 11) is -0.714. The molecule has 0 bridgehead atoms. The summed E-state index contributed by atoms with van der Waals surface area (Å²) in [6, 6.07) is 3.30. The maximum atomic E-state index is 13.3. The normalized spacial score (nSPS) is 13.8. The summed E-state index contributed by atoms with van der Waals surface area (Å²) in [5.41, 5.74) is 5.55. The largest absolute Gasteiger partial charge is 0.383 e. The molecule has 5 nitrogen and oxygen atoms in total. The number of benzene rings is 1. The summed E-state index contributed by atoms with van der Waals surface area (Å²) >= 11 is 0. The number of methoxy groups -OCH3 is 1. The molecule has 0 spiro atoms. The molecule has 7 heteroatoms. The Morgan fingerprint density at radius 2 is 2.11 bits per heavy atom. The third-order valence-corrected chi connectivity index (χ3v) is 4.91. The van der Waals surface area contributed by atoms with Gasteiger partial charge in [-0.1, -0.05) is 0 Å². The number of hydrogen-bond donors (Lipinski definition) is 1. The molecule has 0 amide bonds. The van der Waals surface area contributed by atoms with Crippen LogP contribution in [0, 0.1) is 5.82 Å². The monoisotopic (exact) mass is 290 g/mol. The van der Waals surface area contributed by atoms with Crippen LogP contribution in [0.15, 0.2) is 23.1 Å². The van der Waals surface area contributed by atoms with E-state index in [9.17, 15) is 12.8 Å². The van der Waals surface area contributed by atoms with Crippen LogP contribution in [0.25, 0.3) is 0 Å². The zero-order chi connectivity index (χ0) is 14.6. The lowest BCUT2D eigenvalue weighted by Crippen LogP contribution is -2.37. The van der Waals surface area contributed by atoms with Crippen LogP contribution >= 0.6 is 0 Å². The molecule has 1 atom stereocenters. The first-order valence-corrected chi connectivity index (χ1v) is 7.24. The lowest BCUT2D eigenvalue weighted by molar-refractivity contribution is 0.149. The van der Waals surface area contributed by atoms with E-state index in [1.165, 1.54) is 30.6 Å². The van der Waals surface area contributed by atoms with Crippen molar-refractivity contribution >= 4 is 10.0 Å². The fourth-order valence-corrected chi connectivity index (χ4v) is 3.02. The van der Waals surface area contributed by atoms with Gasteiger partial charge in [-0.3, -0.25) is 0 Å². The fraction of sp³-hybridized carbons (Fsp3) is 0.500. The van der Waals surface area contributed by atoms with Gasteiger partial charge in [0.15, 0.2) is 0 Å². The number of rotatable bonds is 6. The molecule has 0 aliphatic rings. The zero-order valence-electron chi connectivity index (χ0n) is 11.3. The number of likely N-dealkylation sites (N-methyl/N-ethyl adjacent to an activating group) is 1. The lowest BCUT2D eigenvalue weighted by atomic mass is 10.2. The van der Waals surface area contributed by atoms with E-state index in [4.69, 9.17) is 10.5 Å². The second-order valence-electron chi connectivity index (χ2n) is 4.28. The molecule has 0 saturated heterocycles. The van der Waals surface area contributed by atoms with Crippen molar-refractivity contribution in [2.45, 2.75) is 24.4 Å². The molecule has 19 heavy (non-hydrogen) atoms. The molecule has 0 aliphatic heterocycles. The first-order chi connectivity index (χ1) is 8.84. The van der Waals surface area contributed by atoms with Crippen molar-refractivity contribution in [3.8, 4) is 0 Å². The second kappa shape index (κ2) is 6.42. The molecule has 108 valence electrons. The van der Waals surface area contributed by atoms with Gasteiger partial charge in [0, 0.05) is 32.3 Å². The van der Waals surface area contributed by atoms with E-state index < -0.39 is 15.8 Å². The van der Waals surface area contributed by atoms with E-state index in [-0.39, 0.29) is 29.7 Å². The molecule has 2 N–H and O–H groups in total. The molecule has 1 aromatic carbocycles. The van der Waals surface area contributed by atoms with Gasteiger partial charge in [0.05, 0.1) is 11.5 Å². The van der Waals surface area contributed by atoms with Crippen molar-refractivity contribution in [1.82, 2.24) is 4.31 Å². The Hall–Kier alpha value is -1.02. The molecule has 0 radical (unpaired) electrons. The van der Waals surface area contributed by atoms with Crippen molar-refractivity contribution in [3.05, 3.63) is 29.6 Å². The van der Waals surface area contributed by atoms with Crippen LogP contribution in [0.3, 0.4) is 0 Å². The van der Waals surface area contributed by atoms with E-state index in [0.717, 1.165) is 6.07 Å². The second-order valence-corrected chi connectivity index (χ2v) is 6.28. The highest BCUT2D eigenvalue weighted by Gasteiger charge is 2.25. The lowest BCUT2D eigenvalue weighted by Gasteiger charge is -2.23. The number of hydrogen-bond acceptors (Lipinski definition) is 4. The minimum Gasteiger partial charge on any atom is -0.383 e. The van der Waals surface area contributed by atoms with Crippen LogP contribution in [0.4, 0.5) is 4.39 Å². The number of halogens is 1. The van der Waals surface area contributed by atoms with Crippen molar-refractivity contribution in [3.63, 3.8) is 0 Å². The van der Waals surface area contributed by atoms with Crippen molar-refractivity contribution in [2.75, 3.05) is 20.8 Å². The van der Waals surface area contributed by atoms with Gasteiger partial charge >= 0.3 is 0 Å². The van der Waals surface area contributed by atoms with Crippen LogP contribution in [-0.2, 0) is 21.3 Å². The number of nitrogens with two attached hydrogens (primary N) is 1. The topological polar surface area (TPSA) is 72.6 Å². The minimum atomic E-state index is -3.68. The summed E-state index contributed by atoms with van der Waals surface area (Å²) in [6.45, 7) is 1.96. The predicted molar refractivity (Wildman–Crippen MR) is 70.6 cm³/mol. The summed E-state index contributed by atoms with van der Waals surface area (Å²) < 4.78 is 44.1. The van der Waals surface area contributed by atoms with Crippen molar-refractivity contribution < 1.29 is 17.5 Å². The SMILES string of the molecule is COCC(C)N(C)S(=O)(=O)c1ccc(F)c(CN)c1. The molecule has 1 unspecified atom stereocenters. The van der Waals surface area contributed by atoms with Gasteiger partial charge in [-0.25, -0.2) is 12.8 Å². The van der Waals surface area contributed by atoms with Gasteiger partial charge in [-0.15, -0.1) is 0 Å². The third kappa shape index (κ3) is 3.50. The molecular formula is C12H19FN2O3S. The molecule has 0 saturated carbocycles. The summed E-state index contributed by atoms with van der Waals surface area (Å²) in [6.07, 6.45) is 0. The quantitative estimate of drug-likeness (QED) is 0.846. The number of sulfonamides is 1. The average molecular weight is 290 g/mol. The Bertz CT molecular complexity index is 534. The molecule has 0 heterocycles. The minimum absolute atomic E-state index is 0.0276. The van der Waals surface area contributed by atoms with Crippen LogP contribution in [0.5, 0.6) is 0 Å². The molecule has 1 rings (SSSR count). The standard InChI is InChI=1S/C12H19FN2O3S/c1-9(8-18-3)15(2)19(16,17)11-4-5-12(13)10(6-11)7-14/h4-6,9H,7-8,14H2,1-3H3. The van der Waals surface area contributed by atoms with Gasteiger partial charge in [-0.05, 0) is 25.1 Å². The van der Waals surface area contributed by atoms with Crippen LogP contribution < -0.4 is 5.73 Å². The fourth-order valence-electron chi connectivity index (χ4n) is 1.62. The maximum absolute atomic E-state index is 13.3. The first-order valence-electron chi connectivity index (χ1n) is 5.80. The Balaban J connectivity index is 3.13. The van der Waals surface area contributed by atoms with Crippen LogP contribution in [-0.4, -0.2) is 39.5 Å². The Labute approximate surface area is 113 Å². The van der Waals surface area contributed by atoms with Crippen molar-refractivity contribution in [2.24, 2.45) is 5.73 Å². The molecule has 0 fully saturated rings. The van der Waals surface area contributed by atoms with E-state index in [1.807, 2.05) is 0 Å². The molecule has 0 aliphatic carbocycles. The van der Waals surface area contributed by atoms with E-state index in [0.29, 0.717) is 0 Å². The van der Waals surface area contributed by atoms with Gasteiger partial charge in [-0.2, -0.15) is 4.31 Å². The van der Waals surface area contributed by atoms with E-state index >= 15 is 0 Å². The highest BCUT2D eigenvalue weighted by molar-refractivity contribution is 7.89. The highest BCUT2D eigenvalue weighted by Crippen LogP contribution is 2.19. The van der Waals surface area contributed by atoms with E-state index in [2.05, 4.69) is 0 Å². The van der Waals surface area contributed by atoms with Crippen LogP contribution in [0.1, 0.15) is 12.5 Å². The Kier molecular flexibility index (Phi) is 5.42. The summed E-state index contributed by atoms with van der Waals surface area (Å²) in [5, 5.41) is 0. The summed E-state index contributed by atoms with van der Waals surface area (Å²) in [4.78, 5) is 0.0276. The molecule has 0 aromatic heterocycles. The van der Waals surface area contributed by atoms with Gasteiger partial charge in [0.1, 0.15) is 5.82 Å². The first kappa shape index (κ1) is 16.0. The van der Waals surface area contributed by atoms with Crippen LogP contribution in [0.2, 0.25) is 0 Å². The van der Waals surface area contributed by atoms with E-state index in [1.54, 1.807) is 6.92 Å². The smallest absolute Gasteiger partial charge is 0.243 e. The number of ether oxygens (including phenoxy) is 1. The third-order valence-electron chi connectivity index (χ3n) is 2.94. The predicted octanol–water partition coefficient (Wildman–Crippen LogP) is 0.940. The Morgan fingerprint density at radius 3 is 2.63 bits per heavy atom. The maximum Gasteiger partial charge on any atom is 0.243 e. The van der Waals surface area contributed by atoms with Gasteiger partial charge in [0.25, 0.3) is 0 Å². The Morgan fingerprint density at radius 1 is 1.47 bits per heavy atom. The van der Waals surface area contributed by atoms with Gasteiger partial charge < -0.3 is 10.5 Å². The highest BCUT2D eigenvalue weighted by atomic mass is 32.2. The molecular weight excluding hydrogens is 271 g/mol. The molecule has 1 aromatic rings.